The van der Waals surface area contributed by atoms with Gasteiger partial charge in [0.25, 0.3) is 0 Å². The van der Waals surface area contributed by atoms with Crippen molar-refractivity contribution in [3.05, 3.63) is 22.4 Å². The third-order valence-electron chi connectivity index (χ3n) is 6.29. The van der Waals surface area contributed by atoms with Gasteiger partial charge in [0.1, 0.15) is 0 Å². The first-order valence-corrected chi connectivity index (χ1v) is 11.6. The lowest BCUT2D eigenvalue weighted by Gasteiger charge is -2.46. The molecule has 4 rings (SSSR count). The monoisotopic (exact) mass is 462 g/mol. The molecule has 0 aromatic carbocycles. The number of aliphatic carboxylic acids is 1. The Hall–Kier alpha value is -1.65. The number of carbonyl (C=O) groups is 2. The van der Waals surface area contributed by atoms with E-state index in [0.29, 0.717) is 12.5 Å². The summed E-state index contributed by atoms with van der Waals surface area (Å²) in [5, 5.41) is 12.3. The van der Waals surface area contributed by atoms with Crippen molar-refractivity contribution in [3.8, 4) is 0 Å². The van der Waals surface area contributed by atoms with Crippen molar-refractivity contribution in [1.82, 2.24) is 10.2 Å². The molecule has 1 aliphatic carbocycles. The van der Waals surface area contributed by atoms with Crippen LogP contribution >= 0.6 is 11.3 Å². The quantitative estimate of drug-likeness (QED) is 0.700. The van der Waals surface area contributed by atoms with Crippen LogP contribution in [0, 0.1) is 17.8 Å². The summed E-state index contributed by atoms with van der Waals surface area (Å²) in [4.78, 5) is 25.5. The topological polar surface area (TPSA) is 78.9 Å². The van der Waals surface area contributed by atoms with Crippen LogP contribution in [0.25, 0.3) is 0 Å². The molecule has 1 aromatic rings. The van der Waals surface area contributed by atoms with Gasteiger partial charge in [0.05, 0.1) is 12.6 Å². The zero-order chi connectivity index (χ0) is 22.4. The van der Waals surface area contributed by atoms with E-state index in [1.165, 1.54) is 30.7 Å². The van der Waals surface area contributed by atoms with E-state index in [9.17, 15) is 18.0 Å². The summed E-state index contributed by atoms with van der Waals surface area (Å²) in [5.74, 6) is -1.14. The maximum atomic E-state index is 12.8. The van der Waals surface area contributed by atoms with Crippen LogP contribution < -0.4 is 5.32 Å². The highest BCUT2D eigenvalue weighted by Gasteiger charge is 2.42. The minimum absolute atomic E-state index is 0.118. The summed E-state index contributed by atoms with van der Waals surface area (Å²) >= 11 is 1.70. The predicted molar refractivity (Wildman–Crippen MR) is 110 cm³/mol. The van der Waals surface area contributed by atoms with Crippen LogP contribution in [0.2, 0.25) is 0 Å². The average Bonchev–Trinajstić information content (AvgIpc) is 3.22. The van der Waals surface area contributed by atoms with E-state index >= 15 is 0 Å². The van der Waals surface area contributed by atoms with Crippen molar-refractivity contribution in [1.29, 1.82) is 0 Å². The second-order valence-corrected chi connectivity index (χ2v) is 9.45. The van der Waals surface area contributed by atoms with Crippen LogP contribution in [0.4, 0.5) is 13.2 Å². The molecule has 174 valence electrons. The number of thiophene rings is 1. The second kappa shape index (κ2) is 10.8. The van der Waals surface area contributed by atoms with E-state index in [4.69, 9.17) is 14.6 Å². The summed E-state index contributed by atoms with van der Waals surface area (Å²) in [5.41, 5.74) is 0. The van der Waals surface area contributed by atoms with Gasteiger partial charge in [0, 0.05) is 43.0 Å². The number of carboxylic acid groups (broad SMARTS) is 1. The number of piperidine rings is 1. The Bertz CT molecular complexity index is 725. The lowest BCUT2D eigenvalue weighted by atomic mass is 9.78. The van der Waals surface area contributed by atoms with Crippen molar-refractivity contribution < 1.29 is 32.6 Å². The highest BCUT2D eigenvalue weighted by molar-refractivity contribution is 7.09. The van der Waals surface area contributed by atoms with E-state index in [-0.39, 0.29) is 17.9 Å². The largest absolute Gasteiger partial charge is 0.490 e. The number of carbonyl (C=O) groups excluding carboxylic acids is 1. The zero-order valence-electron chi connectivity index (χ0n) is 17.3. The highest BCUT2D eigenvalue weighted by Crippen LogP contribution is 2.35. The number of fused-ring (bicyclic) bond motifs is 1. The first kappa shape index (κ1) is 24.0. The van der Waals surface area contributed by atoms with Gasteiger partial charge in [-0.05, 0) is 43.0 Å². The summed E-state index contributed by atoms with van der Waals surface area (Å²) in [6, 6.07) is 4.12. The van der Waals surface area contributed by atoms with Gasteiger partial charge in [-0.15, -0.1) is 11.3 Å². The van der Waals surface area contributed by atoms with Crippen molar-refractivity contribution in [2.24, 2.45) is 17.8 Å². The number of nitrogens with zero attached hydrogens (tertiary/aromatic N) is 1. The van der Waals surface area contributed by atoms with Crippen LogP contribution in [0.1, 0.15) is 37.0 Å². The minimum Gasteiger partial charge on any atom is -0.475 e. The molecule has 6 nitrogen and oxygen atoms in total. The van der Waals surface area contributed by atoms with Gasteiger partial charge in [0.2, 0.25) is 5.91 Å². The Kier molecular flexibility index (Phi) is 8.35. The van der Waals surface area contributed by atoms with Gasteiger partial charge in [-0.2, -0.15) is 13.2 Å². The molecule has 10 heteroatoms. The summed E-state index contributed by atoms with van der Waals surface area (Å²) in [7, 11) is 0. The molecule has 0 unspecified atom stereocenters. The van der Waals surface area contributed by atoms with Crippen LogP contribution in [-0.2, 0) is 20.9 Å². The van der Waals surface area contributed by atoms with Gasteiger partial charge in [-0.3, -0.25) is 4.79 Å². The van der Waals surface area contributed by atoms with E-state index in [0.717, 1.165) is 38.5 Å². The molecule has 3 atom stereocenters. The SMILES string of the molecule is O=C(NCc1cccs1)[C@@H]1CCO[C@@H]2CCN(CC3CCC3)C[C@@H]21.O=C(O)C(F)(F)F. The maximum Gasteiger partial charge on any atom is 0.490 e. The molecule has 1 aromatic heterocycles. The number of hydrogen-bond acceptors (Lipinski definition) is 5. The fourth-order valence-electron chi connectivity index (χ4n) is 4.43. The number of likely N-dealkylation sites (tertiary alicyclic amines) is 1. The van der Waals surface area contributed by atoms with E-state index in [1.54, 1.807) is 11.3 Å². The number of rotatable bonds is 5. The van der Waals surface area contributed by atoms with Crippen LogP contribution in [0.5, 0.6) is 0 Å². The van der Waals surface area contributed by atoms with Crippen LogP contribution in [0.3, 0.4) is 0 Å². The van der Waals surface area contributed by atoms with Crippen molar-refractivity contribution >= 4 is 23.2 Å². The maximum absolute atomic E-state index is 12.8. The summed E-state index contributed by atoms with van der Waals surface area (Å²) < 4.78 is 37.7. The minimum atomic E-state index is -5.08. The molecule has 3 heterocycles. The zero-order valence-corrected chi connectivity index (χ0v) is 18.1. The van der Waals surface area contributed by atoms with Gasteiger partial charge in [-0.25, -0.2) is 4.79 Å². The molecule has 1 saturated carbocycles. The van der Waals surface area contributed by atoms with Crippen molar-refractivity contribution in [2.45, 2.75) is 50.9 Å². The Morgan fingerprint density at radius 3 is 2.58 bits per heavy atom. The van der Waals surface area contributed by atoms with Crippen molar-refractivity contribution in [3.63, 3.8) is 0 Å². The Balaban J connectivity index is 0.000000339. The van der Waals surface area contributed by atoms with Gasteiger partial charge < -0.3 is 20.1 Å². The lowest BCUT2D eigenvalue weighted by molar-refractivity contribution is -0.192. The van der Waals surface area contributed by atoms with E-state index < -0.39 is 12.1 Å². The lowest BCUT2D eigenvalue weighted by Crippen LogP contribution is -2.54. The van der Waals surface area contributed by atoms with Gasteiger partial charge >= 0.3 is 12.1 Å². The fraction of sp³-hybridized carbons (Fsp3) is 0.714. The van der Waals surface area contributed by atoms with Gasteiger partial charge in [0.15, 0.2) is 0 Å². The number of ether oxygens (including phenoxy) is 1. The molecule has 2 aliphatic heterocycles. The first-order chi connectivity index (χ1) is 14.7. The average molecular weight is 463 g/mol. The molecule has 0 spiro atoms. The van der Waals surface area contributed by atoms with Gasteiger partial charge in [-0.1, -0.05) is 12.5 Å². The van der Waals surface area contributed by atoms with E-state index in [2.05, 4.69) is 21.7 Å². The molecule has 0 bridgehead atoms. The fourth-order valence-corrected chi connectivity index (χ4v) is 5.08. The number of nitrogens with one attached hydrogen (secondary N) is 1. The van der Waals surface area contributed by atoms with E-state index in [1.807, 2.05) is 6.07 Å². The third-order valence-corrected chi connectivity index (χ3v) is 7.17. The molecular formula is C21H29F3N2O4S. The standard InChI is InChI=1S/C19H28N2O2S.C2HF3O2/c22-19(20-11-15-5-2-10-24-15)16-7-9-23-18-6-8-21(13-17(16)18)12-14-3-1-4-14;3-2(4,5)1(6)7/h2,5,10,14,16-18H,1,3-4,6-9,11-13H2,(H,20,22);(H,6,7)/t16-,17-,18-;/m1./s1. The molecule has 1 amide bonds. The molecule has 2 saturated heterocycles. The normalized spacial score (nSPS) is 26.7. The molecule has 3 fully saturated rings. The molecule has 0 radical (unpaired) electrons. The number of alkyl halides is 3. The number of halogens is 3. The first-order valence-electron chi connectivity index (χ1n) is 10.7. The van der Waals surface area contributed by atoms with Crippen molar-refractivity contribution in [2.75, 3.05) is 26.2 Å². The molecular weight excluding hydrogens is 433 g/mol. The van der Waals surface area contributed by atoms with Crippen LogP contribution in [0.15, 0.2) is 17.5 Å². The number of amides is 1. The number of carboxylic acids is 1. The Morgan fingerprint density at radius 1 is 1.26 bits per heavy atom. The third kappa shape index (κ3) is 6.92. The Morgan fingerprint density at radius 2 is 2.00 bits per heavy atom. The molecule has 3 aliphatic rings. The number of hydrogen-bond donors (Lipinski definition) is 2. The smallest absolute Gasteiger partial charge is 0.475 e. The second-order valence-electron chi connectivity index (χ2n) is 8.41. The highest BCUT2D eigenvalue weighted by atomic mass is 32.1. The molecule has 2 N–H and O–H groups in total. The Labute approximate surface area is 183 Å². The summed E-state index contributed by atoms with van der Waals surface area (Å²) in [6.07, 6.45) is 1.36. The predicted octanol–water partition coefficient (Wildman–Crippen LogP) is 3.52. The van der Waals surface area contributed by atoms with Crippen LogP contribution in [-0.4, -0.2) is 60.4 Å². The summed E-state index contributed by atoms with van der Waals surface area (Å²) in [6.45, 7) is 4.81. The molecule has 31 heavy (non-hydrogen) atoms.